The third kappa shape index (κ3) is 3.74. The standard InChI is InChI=1S/C15H22O10/c1-21-11(16)6-7(12(17)22-2)9(14(19)24-4)10(15(20)25-5)8(6)13(18)23-3/h6-11,16H,1-5H3/t6?,7-,8+,9-,10+,11-/m1/s1. The maximum Gasteiger partial charge on any atom is 0.310 e. The Bertz CT molecular complexity index is 488. The molecule has 0 aromatic rings. The van der Waals surface area contributed by atoms with Gasteiger partial charge in [-0.3, -0.25) is 19.2 Å². The minimum atomic E-state index is -1.64. The highest BCUT2D eigenvalue weighted by molar-refractivity contribution is 5.93. The molecule has 1 fully saturated rings. The van der Waals surface area contributed by atoms with E-state index in [0.29, 0.717) is 0 Å². The van der Waals surface area contributed by atoms with E-state index in [4.69, 9.17) is 4.74 Å². The molecule has 1 aliphatic carbocycles. The first kappa shape index (κ1) is 20.8. The molecule has 10 heteroatoms. The van der Waals surface area contributed by atoms with Gasteiger partial charge in [-0.05, 0) is 0 Å². The van der Waals surface area contributed by atoms with Crippen LogP contribution in [0.5, 0.6) is 0 Å². The minimum Gasteiger partial charge on any atom is -0.469 e. The van der Waals surface area contributed by atoms with Gasteiger partial charge in [0.25, 0.3) is 0 Å². The zero-order valence-electron chi connectivity index (χ0n) is 14.6. The number of carbonyl (C=O) groups excluding carboxylic acids is 4. The highest BCUT2D eigenvalue weighted by Crippen LogP contribution is 2.50. The van der Waals surface area contributed by atoms with E-state index < -0.39 is 59.8 Å². The van der Waals surface area contributed by atoms with Crippen LogP contribution >= 0.6 is 0 Å². The van der Waals surface area contributed by atoms with Gasteiger partial charge in [0.15, 0.2) is 6.29 Å². The number of hydrogen-bond donors (Lipinski definition) is 1. The van der Waals surface area contributed by atoms with Crippen molar-refractivity contribution in [2.24, 2.45) is 29.6 Å². The van der Waals surface area contributed by atoms with E-state index in [1.54, 1.807) is 0 Å². The van der Waals surface area contributed by atoms with E-state index in [2.05, 4.69) is 18.9 Å². The van der Waals surface area contributed by atoms with Crippen molar-refractivity contribution in [2.75, 3.05) is 35.5 Å². The molecule has 0 aliphatic heterocycles. The van der Waals surface area contributed by atoms with Gasteiger partial charge in [0.1, 0.15) is 0 Å². The zero-order valence-corrected chi connectivity index (χ0v) is 14.6. The van der Waals surface area contributed by atoms with E-state index >= 15 is 0 Å². The molecule has 0 spiro atoms. The SMILES string of the molecule is COC(=O)[C@@H]1[C@H](C(=O)OC)[C@H](C(=O)OC)C([C@H](O)OC)[C@@H]1C(=O)OC. The highest BCUT2D eigenvalue weighted by Gasteiger charge is 2.65. The van der Waals surface area contributed by atoms with Gasteiger partial charge in [0, 0.05) is 13.0 Å². The average molecular weight is 362 g/mol. The summed E-state index contributed by atoms with van der Waals surface area (Å²) in [7, 11) is 5.43. The first-order chi connectivity index (χ1) is 11.8. The largest absolute Gasteiger partial charge is 0.469 e. The molecule has 1 unspecified atom stereocenters. The summed E-state index contributed by atoms with van der Waals surface area (Å²) in [5.74, 6) is -10.5. The van der Waals surface area contributed by atoms with Gasteiger partial charge in [0.05, 0.1) is 52.1 Å². The van der Waals surface area contributed by atoms with Gasteiger partial charge in [-0.15, -0.1) is 0 Å². The second kappa shape index (κ2) is 8.77. The molecule has 0 aromatic heterocycles. The molecular formula is C15H22O10. The van der Waals surface area contributed by atoms with Crippen LogP contribution in [-0.4, -0.2) is 70.8 Å². The molecule has 25 heavy (non-hydrogen) atoms. The molecule has 6 atom stereocenters. The lowest BCUT2D eigenvalue weighted by Crippen LogP contribution is -2.40. The Morgan fingerprint density at radius 2 is 0.920 bits per heavy atom. The van der Waals surface area contributed by atoms with Crippen molar-refractivity contribution in [3.8, 4) is 0 Å². The summed E-state index contributed by atoms with van der Waals surface area (Å²) in [5, 5.41) is 10.2. The predicted octanol–water partition coefficient (Wildman–Crippen LogP) is -1.26. The summed E-state index contributed by atoms with van der Waals surface area (Å²) < 4.78 is 23.6. The summed E-state index contributed by atoms with van der Waals surface area (Å²) >= 11 is 0. The summed E-state index contributed by atoms with van der Waals surface area (Å²) in [6, 6.07) is 0. The lowest BCUT2D eigenvalue weighted by atomic mass is 9.86. The van der Waals surface area contributed by atoms with Crippen LogP contribution in [0.3, 0.4) is 0 Å². The van der Waals surface area contributed by atoms with Crippen LogP contribution in [0.2, 0.25) is 0 Å². The van der Waals surface area contributed by atoms with Gasteiger partial charge in [-0.1, -0.05) is 0 Å². The van der Waals surface area contributed by atoms with Crippen LogP contribution in [0.15, 0.2) is 0 Å². The number of hydrogen-bond acceptors (Lipinski definition) is 10. The van der Waals surface area contributed by atoms with E-state index in [-0.39, 0.29) is 0 Å². The summed E-state index contributed by atoms with van der Waals surface area (Å²) in [4.78, 5) is 49.1. The van der Waals surface area contributed by atoms with Crippen molar-refractivity contribution in [2.45, 2.75) is 6.29 Å². The van der Waals surface area contributed by atoms with Crippen molar-refractivity contribution >= 4 is 23.9 Å². The number of ether oxygens (including phenoxy) is 5. The molecule has 1 aliphatic rings. The number of carbonyl (C=O) groups is 4. The molecule has 10 nitrogen and oxygen atoms in total. The average Bonchev–Trinajstić information content (AvgIpc) is 3.00. The van der Waals surface area contributed by atoms with Crippen LogP contribution in [-0.2, 0) is 42.9 Å². The van der Waals surface area contributed by atoms with E-state index in [1.165, 1.54) is 0 Å². The van der Waals surface area contributed by atoms with E-state index in [1.807, 2.05) is 0 Å². The molecule has 0 aromatic carbocycles. The van der Waals surface area contributed by atoms with Gasteiger partial charge >= 0.3 is 23.9 Å². The fourth-order valence-electron chi connectivity index (χ4n) is 3.40. The lowest BCUT2D eigenvalue weighted by molar-refractivity contribution is -0.175. The first-order valence-electron chi connectivity index (χ1n) is 7.32. The summed E-state index contributed by atoms with van der Waals surface area (Å²) in [6.45, 7) is 0. The third-order valence-electron chi connectivity index (χ3n) is 4.45. The van der Waals surface area contributed by atoms with Gasteiger partial charge in [-0.2, -0.15) is 0 Å². The molecule has 0 heterocycles. The van der Waals surface area contributed by atoms with Crippen molar-refractivity contribution < 1.29 is 48.0 Å². The Kier molecular flexibility index (Phi) is 7.31. The second-order valence-electron chi connectivity index (χ2n) is 5.40. The molecule has 0 bridgehead atoms. The number of aliphatic hydroxyl groups is 1. The topological polar surface area (TPSA) is 135 Å². The summed E-state index contributed by atoms with van der Waals surface area (Å²) in [5.41, 5.74) is 0. The zero-order chi connectivity index (χ0) is 19.3. The van der Waals surface area contributed by atoms with Crippen LogP contribution in [0.25, 0.3) is 0 Å². The number of esters is 4. The molecule has 0 radical (unpaired) electrons. The minimum absolute atomic E-state index is 0.906. The van der Waals surface area contributed by atoms with E-state index in [0.717, 1.165) is 35.5 Å². The Labute approximate surface area is 144 Å². The monoisotopic (exact) mass is 362 g/mol. The molecule has 1 rings (SSSR count). The smallest absolute Gasteiger partial charge is 0.310 e. The van der Waals surface area contributed by atoms with Crippen LogP contribution in [0.1, 0.15) is 0 Å². The Balaban J connectivity index is 3.62. The van der Waals surface area contributed by atoms with Gasteiger partial charge < -0.3 is 28.8 Å². The van der Waals surface area contributed by atoms with Crippen LogP contribution in [0.4, 0.5) is 0 Å². The number of rotatable bonds is 6. The molecule has 142 valence electrons. The lowest BCUT2D eigenvalue weighted by Gasteiger charge is -2.26. The fraction of sp³-hybridized carbons (Fsp3) is 0.733. The Morgan fingerprint density at radius 3 is 1.16 bits per heavy atom. The third-order valence-corrected chi connectivity index (χ3v) is 4.45. The van der Waals surface area contributed by atoms with E-state index in [9.17, 15) is 24.3 Å². The fourth-order valence-corrected chi connectivity index (χ4v) is 3.40. The van der Waals surface area contributed by atoms with Crippen molar-refractivity contribution in [3.63, 3.8) is 0 Å². The summed E-state index contributed by atoms with van der Waals surface area (Å²) in [6.07, 6.45) is -1.64. The Hall–Kier alpha value is -2.20. The number of methoxy groups -OCH3 is 5. The van der Waals surface area contributed by atoms with Gasteiger partial charge in [-0.25, -0.2) is 0 Å². The maximum atomic E-state index is 12.3. The molecule has 0 saturated heterocycles. The van der Waals surface area contributed by atoms with Gasteiger partial charge in [0.2, 0.25) is 0 Å². The van der Waals surface area contributed by atoms with Crippen LogP contribution < -0.4 is 0 Å². The van der Waals surface area contributed by atoms with Crippen molar-refractivity contribution in [1.29, 1.82) is 0 Å². The molecule has 1 saturated carbocycles. The predicted molar refractivity (Wildman–Crippen MR) is 78.5 cm³/mol. The molecule has 0 amide bonds. The highest BCUT2D eigenvalue weighted by atomic mass is 16.6. The van der Waals surface area contributed by atoms with Crippen molar-refractivity contribution in [1.82, 2.24) is 0 Å². The maximum absolute atomic E-state index is 12.3. The quantitative estimate of drug-likeness (QED) is 0.346. The normalized spacial score (nSPS) is 29.4. The molecule has 1 N–H and O–H groups in total. The number of aliphatic hydroxyl groups excluding tert-OH is 1. The Morgan fingerprint density at radius 1 is 0.640 bits per heavy atom. The second-order valence-corrected chi connectivity index (χ2v) is 5.40. The van der Waals surface area contributed by atoms with Crippen molar-refractivity contribution in [3.05, 3.63) is 0 Å². The molecular weight excluding hydrogens is 340 g/mol. The first-order valence-corrected chi connectivity index (χ1v) is 7.32. The van der Waals surface area contributed by atoms with Crippen LogP contribution in [0, 0.1) is 29.6 Å².